The van der Waals surface area contributed by atoms with Gasteiger partial charge in [-0.25, -0.2) is 0 Å². The summed E-state index contributed by atoms with van der Waals surface area (Å²) in [6, 6.07) is 3.54. The van der Waals surface area contributed by atoms with Crippen molar-refractivity contribution in [2.45, 2.75) is 26.7 Å². The number of rotatable bonds is 18. The largest absolute Gasteiger partial charge is 0.490 e. The first-order chi connectivity index (χ1) is 13.7. The van der Waals surface area contributed by atoms with Crippen LogP contribution < -0.4 is 15.2 Å². The Morgan fingerprint density at radius 3 is 1.57 bits per heavy atom. The molecule has 0 radical (unpaired) electrons. The summed E-state index contributed by atoms with van der Waals surface area (Å²) in [6.07, 6.45) is 2.02. The molecule has 2 N–H and O–H groups in total. The molecule has 1 aromatic carbocycles. The third-order valence-electron chi connectivity index (χ3n) is 3.48. The first kappa shape index (κ1) is 25.0. The number of nitrogens with two attached hydrogens (primary N) is 1. The van der Waals surface area contributed by atoms with E-state index in [9.17, 15) is 0 Å². The van der Waals surface area contributed by atoms with Gasteiger partial charge in [0.2, 0.25) is 0 Å². The van der Waals surface area contributed by atoms with E-state index < -0.39 is 0 Å². The minimum absolute atomic E-state index is 0.403. The van der Waals surface area contributed by atoms with Crippen LogP contribution in [0.2, 0.25) is 0 Å². The van der Waals surface area contributed by atoms with Crippen molar-refractivity contribution in [1.29, 1.82) is 0 Å². The summed E-state index contributed by atoms with van der Waals surface area (Å²) in [5.41, 5.74) is 6.55. The van der Waals surface area contributed by atoms with Gasteiger partial charge in [0.15, 0.2) is 0 Å². The zero-order valence-electron chi connectivity index (χ0n) is 17.0. The van der Waals surface area contributed by atoms with Gasteiger partial charge in [-0.15, -0.1) is 0 Å². The van der Waals surface area contributed by atoms with Crippen molar-refractivity contribution in [2.24, 2.45) is 0 Å². The molecule has 0 bridgehead atoms. The average molecular weight is 464 g/mol. The smallest absolute Gasteiger partial charge is 0.146 e. The van der Waals surface area contributed by atoms with Crippen LogP contribution in [0.4, 0.5) is 5.69 Å². The lowest BCUT2D eigenvalue weighted by Crippen LogP contribution is -2.12. The Hall–Kier alpha value is -1.06. The summed E-state index contributed by atoms with van der Waals surface area (Å²) in [5, 5.41) is 0. The van der Waals surface area contributed by atoms with E-state index in [2.05, 4.69) is 29.8 Å². The van der Waals surface area contributed by atoms with Crippen LogP contribution in [0.15, 0.2) is 16.6 Å². The first-order valence-corrected chi connectivity index (χ1v) is 10.6. The molecule has 0 heterocycles. The van der Waals surface area contributed by atoms with Crippen LogP contribution in [0.1, 0.15) is 26.7 Å². The summed E-state index contributed by atoms with van der Waals surface area (Å²) in [6.45, 7) is 9.76. The average Bonchev–Trinajstić information content (AvgIpc) is 2.68. The van der Waals surface area contributed by atoms with Crippen molar-refractivity contribution in [3.8, 4) is 11.5 Å². The Morgan fingerprint density at radius 1 is 0.643 bits per heavy atom. The molecule has 28 heavy (non-hydrogen) atoms. The summed E-state index contributed by atoms with van der Waals surface area (Å²) >= 11 is 3.46. The lowest BCUT2D eigenvalue weighted by atomic mass is 10.3. The Morgan fingerprint density at radius 2 is 1.07 bits per heavy atom. The van der Waals surface area contributed by atoms with E-state index in [1.807, 2.05) is 0 Å². The molecule has 0 fully saturated rings. The third kappa shape index (κ3) is 11.7. The van der Waals surface area contributed by atoms with Gasteiger partial charge in [-0.05, 0) is 34.8 Å². The topological polar surface area (TPSA) is 81.4 Å². The van der Waals surface area contributed by atoms with E-state index in [-0.39, 0.29) is 0 Å². The molecular weight excluding hydrogens is 430 g/mol. The van der Waals surface area contributed by atoms with Crippen molar-refractivity contribution in [3.63, 3.8) is 0 Å². The van der Waals surface area contributed by atoms with Gasteiger partial charge in [0, 0.05) is 19.3 Å². The Labute approximate surface area is 176 Å². The maximum atomic E-state index is 6.01. The van der Waals surface area contributed by atoms with E-state index in [0.717, 1.165) is 30.5 Å². The Kier molecular flexibility index (Phi) is 15.0. The van der Waals surface area contributed by atoms with E-state index in [1.54, 1.807) is 12.1 Å². The van der Waals surface area contributed by atoms with Crippen molar-refractivity contribution < 1.29 is 28.4 Å². The molecule has 1 aromatic rings. The van der Waals surface area contributed by atoms with Crippen molar-refractivity contribution in [2.75, 3.05) is 71.8 Å². The van der Waals surface area contributed by atoms with Gasteiger partial charge in [0.1, 0.15) is 24.7 Å². The summed E-state index contributed by atoms with van der Waals surface area (Å²) in [4.78, 5) is 0. The van der Waals surface area contributed by atoms with E-state index in [0.29, 0.717) is 70.0 Å². The fourth-order valence-electron chi connectivity index (χ4n) is 2.14. The number of hydrogen-bond donors (Lipinski definition) is 1. The highest BCUT2D eigenvalue weighted by atomic mass is 79.9. The highest BCUT2D eigenvalue weighted by Crippen LogP contribution is 2.34. The predicted molar refractivity (Wildman–Crippen MR) is 113 cm³/mol. The number of anilines is 1. The van der Waals surface area contributed by atoms with Gasteiger partial charge in [0.25, 0.3) is 0 Å². The quantitative estimate of drug-likeness (QED) is 0.262. The number of hydrogen-bond acceptors (Lipinski definition) is 7. The van der Waals surface area contributed by atoms with Gasteiger partial charge in [0.05, 0.1) is 49.8 Å². The lowest BCUT2D eigenvalue weighted by Gasteiger charge is -2.14. The molecule has 1 rings (SSSR count). The van der Waals surface area contributed by atoms with Crippen LogP contribution in [0.25, 0.3) is 0 Å². The highest BCUT2D eigenvalue weighted by Gasteiger charge is 2.09. The van der Waals surface area contributed by atoms with Crippen LogP contribution in [0.5, 0.6) is 11.5 Å². The highest BCUT2D eigenvalue weighted by molar-refractivity contribution is 9.10. The predicted octanol–water partition coefficient (Wildman–Crippen LogP) is 3.68. The molecule has 0 aliphatic rings. The lowest BCUT2D eigenvalue weighted by molar-refractivity contribution is 0.0357. The number of benzene rings is 1. The van der Waals surface area contributed by atoms with Crippen molar-refractivity contribution in [3.05, 3.63) is 16.6 Å². The summed E-state index contributed by atoms with van der Waals surface area (Å²) in [5.74, 6) is 1.22. The third-order valence-corrected chi connectivity index (χ3v) is 4.10. The Balaban J connectivity index is 2.24. The molecule has 0 saturated heterocycles. The van der Waals surface area contributed by atoms with E-state index in [4.69, 9.17) is 34.2 Å². The summed E-state index contributed by atoms with van der Waals surface area (Å²) < 4.78 is 33.9. The first-order valence-electron chi connectivity index (χ1n) is 9.84. The van der Waals surface area contributed by atoms with Crippen LogP contribution in [-0.4, -0.2) is 66.1 Å². The molecule has 8 heteroatoms. The second kappa shape index (κ2) is 16.9. The van der Waals surface area contributed by atoms with Gasteiger partial charge in [-0.2, -0.15) is 0 Å². The second-order valence-electron chi connectivity index (χ2n) is 5.97. The molecule has 0 saturated carbocycles. The molecule has 0 aromatic heterocycles. The SMILES string of the molecule is CCCOCCOCCOc1cc(OCCOCCOCCC)c(Br)cc1N. The van der Waals surface area contributed by atoms with Crippen LogP contribution >= 0.6 is 15.9 Å². The maximum absolute atomic E-state index is 6.01. The minimum atomic E-state index is 0.403. The maximum Gasteiger partial charge on any atom is 0.146 e. The number of ether oxygens (including phenoxy) is 6. The van der Waals surface area contributed by atoms with Gasteiger partial charge in [-0.1, -0.05) is 13.8 Å². The van der Waals surface area contributed by atoms with Gasteiger partial charge in [-0.3, -0.25) is 0 Å². The standard InChI is InChI=1S/C20H34BrNO6/c1-3-5-23-7-9-25-11-13-27-19-16-20(18(22)15-17(19)21)28-14-12-26-10-8-24-6-4-2/h15-16H,3-14,22H2,1-2H3. The molecule has 0 aliphatic heterocycles. The van der Waals surface area contributed by atoms with Gasteiger partial charge >= 0.3 is 0 Å². The fourth-order valence-corrected chi connectivity index (χ4v) is 2.62. The molecule has 162 valence electrons. The van der Waals surface area contributed by atoms with Gasteiger partial charge < -0.3 is 34.2 Å². The minimum Gasteiger partial charge on any atom is -0.490 e. The fraction of sp³-hybridized carbons (Fsp3) is 0.700. The second-order valence-corrected chi connectivity index (χ2v) is 6.82. The number of nitrogen functional groups attached to an aromatic ring is 1. The molecule has 7 nitrogen and oxygen atoms in total. The van der Waals surface area contributed by atoms with E-state index in [1.165, 1.54) is 0 Å². The summed E-state index contributed by atoms with van der Waals surface area (Å²) in [7, 11) is 0. The normalized spacial score (nSPS) is 11.0. The number of halogens is 1. The molecule has 0 unspecified atom stereocenters. The van der Waals surface area contributed by atoms with Crippen molar-refractivity contribution >= 4 is 21.6 Å². The molecule has 0 aliphatic carbocycles. The monoisotopic (exact) mass is 463 g/mol. The molecule has 0 amide bonds. The zero-order valence-corrected chi connectivity index (χ0v) is 18.6. The van der Waals surface area contributed by atoms with Crippen LogP contribution in [-0.2, 0) is 18.9 Å². The van der Waals surface area contributed by atoms with Crippen molar-refractivity contribution in [1.82, 2.24) is 0 Å². The molecule has 0 atom stereocenters. The molecule has 0 spiro atoms. The van der Waals surface area contributed by atoms with Crippen LogP contribution in [0, 0.1) is 0 Å². The molecular formula is C20H34BrNO6. The Bertz CT molecular complexity index is 476. The van der Waals surface area contributed by atoms with Crippen LogP contribution in [0.3, 0.4) is 0 Å². The zero-order chi connectivity index (χ0) is 20.5. The van der Waals surface area contributed by atoms with E-state index >= 15 is 0 Å².